The normalized spacial score (nSPS) is 11.4. The quantitative estimate of drug-likeness (QED) is 0.354. The van der Waals surface area contributed by atoms with Crippen LogP contribution in [0.3, 0.4) is 0 Å². The van der Waals surface area contributed by atoms with Crippen LogP contribution in [-0.4, -0.2) is 55.6 Å². The number of hydrogen-bond donors (Lipinski definition) is 0. The summed E-state index contributed by atoms with van der Waals surface area (Å²) in [5, 5.41) is 0.792. The zero-order chi connectivity index (χ0) is 24.1. The summed E-state index contributed by atoms with van der Waals surface area (Å²) in [7, 11) is -1.54. The van der Waals surface area contributed by atoms with Gasteiger partial charge in [0, 0.05) is 43.2 Å². The van der Waals surface area contributed by atoms with Crippen LogP contribution in [0.4, 0.5) is 0 Å². The van der Waals surface area contributed by atoms with Crippen LogP contribution in [0, 0.1) is 0 Å². The molecule has 8 heteroatoms. The molecule has 0 saturated carbocycles. The number of hydrogen-bond acceptors (Lipinski definition) is 6. The number of carbonyl (C=O) groups excluding carboxylic acids is 1. The van der Waals surface area contributed by atoms with Gasteiger partial charge in [0.15, 0.2) is 9.84 Å². The lowest BCUT2D eigenvalue weighted by atomic mass is 10.0. The molecule has 7 nitrogen and oxygen atoms in total. The first kappa shape index (κ1) is 23.4. The minimum atomic E-state index is -3.29. The fraction of sp³-hybridized carbons (Fsp3) is 0.192. The first-order valence-corrected chi connectivity index (χ1v) is 12.7. The summed E-state index contributed by atoms with van der Waals surface area (Å²) in [6, 6.07) is 19.6. The summed E-state index contributed by atoms with van der Waals surface area (Å²) < 4.78 is 29.1. The van der Waals surface area contributed by atoms with E-state index in [0.29, 0.717) is 36.6 Å². The average molecular weight is 476 g/mol. The van der Waals surface area contributed by atoms with Crippen molar-refractivity contribution in [2.24, 2.45) is 0 Å². The van der Waals surface area contributed by atoms with Crippen LogP contribution in [-0.2, 0) is 9.84 Å². The van der Waals surface area contributed by atoms with Gasteiger partial charge >= 0.3 is 0 Å². The van der Waals surface area contributed by atoms with Crippen molar-refractivity contribution >= 4 is 26.6 Å². The molecule has 174 valence electrons. The molecule has 4 rings (SSSR count). The maximum atomic E-state index is 13.3. The number of aromatic nitrogens is 2. The van der Waals surface area contributed by atoms with E-state index in [1.54, 1.807) is 36.5 Å². The van der Waals surface area contributed by atoms with Crippen LogP contribution < -0.4 is 4.74 Å². The van der Waals surface area contributed by atoms with Gasteiger partial charge in [0.05, 0.1) is 28.3 Å². The van der Waals surface area contributed by atoms with Crippen LogP contribution in [0.15, 0.2) is 84.0 Å². The van der Waals surface area contributed by atoms with Crippen molar-refractivity contribution in [2.75, 3.05) is 26.5 Å². The number of fused-ring (bicyclic) bond motifs is 1. The molecule has 0 N–H and O–H groups in total. The molecule has 0 aliphatic carbocycles. The third-order valence-corrected chi connectivity index (χ3v) is 6.50. The second-order valence-electron chi connectivity index (χ2n) is 7.99. The Morgan fingerprint density at radius 2 is 1.85 bits per heavy atom. The summed E-state index contributed by atoms with van der Waals surface area (Å²) in [5.41, 5.74) is 2.86. The van der Waals surface area contributed by atoms with Gasteiger partial charge in [-0.1, -0.05) is 24.3 Å². The van der Waals surface area contributed by atoms with Crippen molar-refractivity contribution in [3.8, 4) is 17.0 Å². The van der Waals surface area contributed by atoms with Crippen LogP contribution in [0.1, 0.15) is 16.8 Å². The van der Waals surface area contributed by atoms with Crippen LogP contribution in [0.2, 0.25) is 0 Å². The zero-order valence-electron chi connectivity index (χ0n) is 19.0. The number of para-hydroxylation sites is 1. The molecule has 0 bridgehead atoms. The maximum Gasteiger partial charge on any atom is 0.254 e. The topological polar surface area (TPSA) is 89.5 Å². The number of rotatable bonds is 8. The number of pyridine rings is 2. The van der Waals surface area contributed by atoms with Crippen molar-refractivity contribution < 1.29 is 17.9 Å². The molecule has 0 saturated heterocycles. The minimum Gasteiger partial charge on any atom is -0.493 e. The largest absolute Gasteiger partial charge is 0.493 e. The van der Waals surface area contributed by atoms with E-state index in [4.69, 9.17) is 9.72 Å². The third-order valence-electron chi connectivity index (χ3n) is 5.39. The number of benzene rings is 2. The first-order valence-electron chi connectivity index (χ1n) is 10.8. The summed E-state index contributed by atoms with van der Waals surface area (Å²) >= 11 is 0. The summed E-state index contributed by atoms with van der Waals surface area (Å²) in [4.78, 5) is 24.1. The summed E-state index contributed by atoms with van der Waals surface area (Å²) in [6.07, 6.45) is 5.17. The van der Waals surface area contributed by atoms with E-state index >= 15 is 0 Å². The van der Waals surface area contributed by atoms with Crippen molar-refractivity contribution in [1.82, 2.24) is 14.9 Å². The molecular weight excluding hydrogens is 450 g/mol. The number of amides is 1. The van der Waals surface area contributed by atoms with E-state index in [2.05, 4.69) is 4.98 Å². The Morgan fingerprint density at radius 1 is 1.03 bits per heavy atom. The molecular formula is C26H25N3O4S. The van der Waals surface area contributed by atoms with Crippen molar-refractivity contribution in [1.29, 1.82) is 0 Å². The number of carbonyl (C=O) groups is 1. The number of sulfone groups is 1. The lowest BCUT2D eigenvalue weighted by molar-refractivity contribution is 0.0789. The Labute approximate surface area is 199 Å². The highest BCUT2D eigenvalue weighted by Crippen LogP contribution is 2.25. The van der Waals surface area contributed by atoms with Crippen molar-refractivity contribution in [3.63, 3.8) is 0 Å². The molecule has 0 unspecified atom stereocenters. The molecule has 2 heterocycles. The van der Waals surface area contributed by atoms with Crippen LogP contribution >= 0.6 is 0 Å². The lowest BCUT2D eigenvalue weighted by Gasteiger charge is -2.19. The maximum absolute atomic E-state index is 13.3. The third kappa shape index (κ3) is 5.40. The highest BCUT2D eigenvalue weighted by atomic mass is 32.2. The molecule has 0 fully saturated rings. The van der Waals surface area contributed by atoms with Crippen LogP contribution in [0.5, 0.6) is 5.75 Å². The molecule has 0 atom stereocenters. The van der Waals surface area contributed by atoms with Gasteiger partial charge in [-0.05, 0) is 48.9 Å². The fourth-order valence-corrected chi connectivity index (χ4v) is 4.26. The monoisotopic (exact) mass is 475 g/mol. The predicted octanol–water partition coefficient (Wildman–Crippen LogP) is 4.24. The van der Waals surface area contributed by atoms with Crippen molar-refractivity contribution in [2.45, 2.75) is 11.3 Å². The second kappa shape index (κ2) is 10.0. The Hall–Kier alpha value is -3.78. The minimum absolute atomic E-state index is 0.109. The summed E-state index contributed by atoms with van der Waals surface area (Å²) in [5.74, 6) is 0.376. The number of ether oxygens (including phenoxy) is 1. The van der Waals surface area contributed by atoms with Gasteiger partial charge in [-0.2, -0.15) is 0 Å². The average Bonchev–Trinajstić information content (AvgIpc) is 2.85. The van der Waals surface area contributed by atoms with Gasteiger partial charge in [-0.3, -0.25) is 9.78 Å². The predicted molar refractivity (Wildman–Crippen MR) is 132 cm³/mol. The van der Waals surface area contributed by atoms with Gasteiger partial charge in [0.2, 0.25) is 0 Å². The second-order valence-corrected chi connectivity index (χ2v) is 10.0. The molecule has 0 aliphatic heterocycles. The lowest BCUT2D eigenvalue weighted by Crippen LogP contribution is -2.29. The van der Waals surface area contributed by atoms with Crippen LogP contribution in [0.25, 0.3) is 22.2 Å². The van der Waals surface area contributed by atoms with Gasteiger partial charge in [0.25, 0.3) is 5.91 Å². The SMILES string of the molecule is CN(CCCOc1cccc(S(C)(=O)=O)c1)C(=O)c1cc(-c2cccnc2)nc2ccccc12. The molecule has 0 spiro atoms. The van der Waals surface area contributed by atoms with E-state index in [-0.39, 0.29) is 10.8 Å². The molecule has 2 aromatic heterocycles. The van der Waals surface area contributed by atoms with E-state index in [9.17, 15) is 13.2 Å². The van der Waals surface area contributed by atoms with E-state index < -0.39 is 9.84 Å². The van der Waals surface area contributed by atoms with Gasteiger partial charge < -0.3 is 9.64 Å². The molecule has 2 aromatic carbocycles. The van der Waals surface area contributed by atoms with Gasteiger partial charge in [0.1, 0.15) is 5.75 Å². The van der Waals surface area contributed by atoms with Crippen molar-refractivity contribution in [3.05, 3.63) is 84.7 Å². The molecule has 1 amide bonds. The highest BCUT2D eigenvalue weighted by molar-refractivity contribution is 7.90. The smallest absolute Gasteiger partial charge is 0.254 e. The van der Waals surface area contributed by atoms with Gasteiger partial charge in [-0.25, -0.2) is 13.4 Å². The fourth-order valence-electron chi connectivity index (χ4n) is 3.61. The molecule has 0 aliphatic rings. The standard InChI is InChI=1S/C26H25N3O4S/c1-29(14-7-15-33-20-9-5-10-21(16-20)34(2,31)32)26(30)23-17-25(19-8-6-13-27-18-19)28-24-12-4-3-11-22(23)24/h3-6,8-13,16-18H,7,14-15H2,1-2H3. The first-order chi connectivity index (χ1) is 16.3. The Kier molecular flexibility index (Phi) is 6.88. The highest BCUT2D eigenvalue weighted by Gasteiger charge is 2.17. The Balaban J connectivity index is 1.46. The molecule has 4 aromatic rings. The summed E-state index contributed by atoms with van der Waals surface area (Å²) in [6.45, 7) is 0.826. The van der Waals surface area contributed by atoms with E-state index in [1.165, 1.54) is 12.1 Å². The van der Waals surface area contributed by atoms with Gasteiger partial charge in [-0.15, -0.1) is 0 Å². The molecule has 34 heavy (non-hydrogen) atoms. The Morgan fingerprint density at radius 3 is 2.62 bits per heavy atom. The Bertz CT molecular complexity index is 1420. The van der Waals surface area contributed by atoms with E-state index in [1.807, 2.05) is 42.5 Å². The molecule has 0 radical (unpaired) electrons. The van der Waals surface area contributed by atoms with E-state index in [0.717, 1.165) is 22.7 Å². The number of nitrogens with zero attached hydrogens (tertiary/aromatic N) is 3. The zero-order valence-corrected chi connectivity index (χ0v) is 19.8.